The highest BCUT2D eigenvalue weighted by Gasteiger charge is 2.10. The fourth-order valence-corrected chi connectivity index (χ4v) is 1.33. The summed E-state index contributed by atoms with van der Waals surface area (Å²) >= 11 is 0. The first-order valence-corrected chi connectivity index (χ1v) is 5.22. The van der Waals surface area contributed by atoms with E-state index in [1.165, 1.54) is 10.9 Å². The summed E-state index contributed by atoms with van der Waals surface area (Å²) < 4.78 is 6.36. The van der Waals surface area contributed by atoms with Crippen LogP contribution in [0.5, 0.6) is 0 Å². The molecule has 0 fully saturated rings. The Hall–Kier alpha value is -2.24. The van der Waals surface area contributed by atoms with E-state index in [9.17, 15) is 4.79 Å². The van der Waals surface area contributed by atoms with Crippen molar-refractivity contribution >= 4 is 5.97 Å². The lowest BCUT2D eigenvalue weighted by Crippen LogP contribution is -2.03. The Morgan fingerprint density at radius 1 is 1.47 bits per heavy atom. The molecule has 2 heterocycles. The Kier molecular flexibility index (Phi) is 3.13. The van der Waals surface area contributed by atoms with Crippen LogP contribution >= 0.6 is 0 Å². The third-order valence-corrected chi connectivity index (χ3v) is 2.11. The average molecular weight is 232 g/mol. The number of carbonyl (C=O) groups excluding carboxylic acids is 1. The fraction of sp³-hybridized carbons (Fsp3) is 0.273. The molecule has 88 valence electrons. The topological polar surface area (TPSA) is 69.9 Å². The second-order valence-corrected chi connectivity index (χ2v) is 3.49. The van der Waals surface area contributed by atoms with E-state index in [1.54, 1.807) is 19.3 Å². The molecule has 0 amide bonds. The SMILES string of the molecule is CCOC(=O)c1cnn(-c2cc(C)cnn2)c1. The highest BCUT2D eigenvalue weighted by molar-refractivity contribution is 5.88. The molecular formula is C11H12N4O2. The van der Waals surface area contributed by atoms with Crippen molar-refractivity contribution in [2.75, 3.05) is 6.61 Å². The minimum Gasteiger partial charge on any atom is -0.462 e. The molecule has 0 aliphatic heterocycles. The van der Waals surface area contributed by atoms with Crippen LogP contribution in [0.4, 0.5) is 0 Å². The number of aromatic nitrogens is 4. The highest BCUT2D eigenvalue weighted by Crippen LogP contribution is 2.07. The maximum Gasteiger partial charge on any atom is 0.341 e. The summed E-state index contributed by atoms with van der Waals surface area (Å²) in [6.07, 6.45) is 4.67. The van der Waals surface area contributed by atoms with E-state index >= 15 is 0 Å². The van der Waals surface area contributed by atoms with Crippen molar-refractivity contribution in [3.8, 4) is 5.82 Å². The first kappa shape index (κ1) is 11.3. The van der Waals surface area contributed by atoms with Crippen LogP contribution in [0.15, 0.2) is 24.7 Å². The molecule has 0 unspecified atom stereocenters. The summed E-state index contributed by atoms with van der Waals surface area (Å²) in [6.45, 7) is 4.01. The zero-order valence-corrected chi connectivity index (χ0v) is 9.62. The summed E-state index contributed by atoms with van der Waals surface area (Å²) in [5.41, 5.74) is 1.37. The number of hydrogen-bond donors (Lipinski definition) is 0. The van der Waals surface area contributed by atoms with E-state index in [1.807, 2.05) is 13.0 Å². The van der Waals surface area contributed by atoms with Gasteiger partial charge in [0.25, 0.3) is 0 Å². The number of ether oxygens (including phenoxy) is 1. The Morgan fingerprint density at radius 3 is 3.00 bits per heavy atom. The van der Waals surface area contributed by atoms with Gasteiger partial charge in [0.05, 0.1) is 24.6 Å². The van der Waals surface area contributed by atoms with Gasteiger partial charge in [-0.2, -0.15) is 10.2 Å². The van der Waals surface area contributed by atoms with E-state index in [-0.39, 0.29) is 5.97 Å². The normalized spacial score (nSPS) is 10.2. The molecule has 0 aliphatic rings. The molecule has 0 atom stereocenters. The first-order valence-electron chi connectivity index (χ1n) is 5.22. The number of aryl methyl sites for hydroxylation is 1. The molecule has 0 aliphatic carbocycles. The van der Waals surface area contributed by atoms with Gasteiger partial charge in [0, 0.05) is 6.20 Å². The van der Waals surface area contributed by atoms with Crippen LogP contribution in [0.2, 0.25) is 0 Å². The Bertz CT molecular complexity index is 536. The van der Waals surface area contributed by atoms with Gasteiger partial charge >= 0.3 is 5.97 Å². The second kappa shape index (κ2) is 4.73. The smallest absolute Gasteiger partial charge is 0.341 e. The third kappa shape index (κ3) is 2.47. The van der Waals surface area contributed by atoms with Crippen LogP contribution in [0.3, 0.4) is 0 Å². The number of rotatable bonds is 3. The van der Waals surface area contributed by atoms with Crippen molar-refractivity contribution in [1.82, 2.24) is 20.0 Å². The van der Waals surface area contributed by atoms with Crippen LogP contribution in [0, 0.1) is 6.92 Å². The monoisotopic (exact) mass is 232 g/mol. The lowest BCUT2D eigenvalue weighted by molar-refractivity contribution is 0.0526. The lowest BCUT2D eigenvalue weighted by Gasteiger charge is -1.99. The zero-order valence-electron chi connectivity index (χ0n) is 9.62. The molecule has 0 spiro atoms. The van der Waals surface area contributed by atoms with Crippen molar-refractivity contribution < 1.29 is 9.53 Å². The quantitative estimate of drug-likeness (QED) is 0.742. The molecule has 2 aromatic rings. The summed E-state index contributed by atoms with van der Waals surface area (Å²) in [7, 11) is 0. The number of esters is 1. The van der Waals surface area contributed by atoms with Crippen molar-refractivity contribution in [2.45, 2.75) is 13.8 Å². The highest BCUT2D eigenvalue weighted by atomic mass is 16.5. The Morgan fingerprint density at radius 2 is 2.29 bits per heavy atom. The molecule has 2 aromatic heterocycles. The molecular weight excluding hydrogens is 220 g/mol. The first-order chi connectivity index (χ1) is 8.20. The third-order valence-electron chi connectivity index (χ3n) is 2.11. The summed E-state index contributed by atoms with van der Waals surface area (Å²) in [6, 6.07) is 1.83. The molecule has 0 bridgehead atoms. The number of nitrogens with zero attached hydrogens (tertiary/aromatic N) is 4. The van der Waals surface area contributed by atoms with Crippen molar-refractivity contribution in [1.29, 1.82) is 0 Å². The Balaban J connectivity index is 2.27. The van der Waals surface area contributed by atoms with Gasteiger partial charge < -0.3 is 4.74 Å². The molecule has 6 nitrogen and oxygen atoms in total. The maximum atomic E-state index is 11.4. The van der Waals surface area contributed by atoms with E-state index in [0.717, 1.165) is 5.56 Å². The Labute approximate surface area is 98.2 Å². The van der Waals surface area contributed by atoms with Gasteiger partial charge in [-0.25, -0.2) is 9.48 Å². The van der Waals surface area contributed by atoms with Crippen LogP contribution in [-0.2, 0) is 4.74 Å². The molecule has 0 radical (unpaired) electrons. The van der Waals surface area contributed by atoms with Gasteiger partial charge in [0.15, 0.2) is 5.82 Å². The fourth-order valence-electron chi connectivity index (χ4n) is 1.33. The summed E-state index contributed by atoms with van der Waals surface area (Å²) in [4.78, 5) is 11.4. The minimum absolute atomic E-state index is 0.342. The van der Waals surface area contributed by atoms with Gasteiger partial charge in [0.1, 0.15) is 0 Å². The van der Waals surface area contributed by atoms with E-state index in [4.69, 9.17) is 4.74 Å². The largest absolute Gasteiger partial charge is 0.462 e. The summed E-state index contributed by atoms with van der Waals surface area (Å²) in [5, 5.41) is 11.8. The molecule has 6 heteroatoms. The van der Waals surface area contributed by atoms with Crippen LogP contribution in [0.1, 0.15) is 22.8 Å². The van der Waals surface area contributed by atoms with E-state index in [0.29, 0.717) is 18.0 Å². The maximum absolute atomic E-state index is 11.4. The summed E-state index contributed by atoms with van der Waals surface area (Å²) in [5.74, 6) is 0.180. The van der Waals surface area contributed by atoms with Crippen molar-refractivity contribution in [3.63, 3.8) is 0 Å². The van der Waals surface area contributed by atoms with Gasteiger partial charge in [-0.1, -0.05) is 0 Å². The van der Waals surface area contributed by atoms with Crippen LogP contribution in [0.25, 0.3) is 5.82 Å². The molecule has 17 heavy (non-hydrogen) atoms. The second-order valence-electron chi connectivity index (χ2n) is 3.49. The number of hydrogen-bond acceptors (Lipinski definition) is 5. The van der Waals surface area contributed by atoms with Gasteiger partial charge in [-0.05, 0) is 25.5 Å². The van der Waals surface area contributed by atoms with Gasteiger partial charge in [0.2, 0.25) is 0 Å². The molecule has 0 N–H and O–H groups in total. The van der Waals surface area contributed by atoms with Crippen LogP contribution in [-0.4, -0.2) is 32.6 Å². The standard InChI is InChI=1S/C11H12N4O2/c1-3-17-11(16)9-6-13-15(7-9)10-4-8(2)5-12-14-10/h4-7H,3H2,1-2H3. The minimum atomic E-state index is -0.389. The average Bonchev–Trinajstić information content (AvgIpc) is 2.78. The van der Waals surface area contributed by atoms with Gasteiger partial charge in [-0.15, -0.1) is 5.10 Å². The molecule has 0 saturated carbocycles. The predicted molar refractivity (Wildman–Crippen MR) is 59.8 cm³/mol. The van der Waals surface area contributed by atoms with Gasteiger partial charge in [-0.3, -0.25) is 0 Å². The van der Waals surface area contributed by atoms with Crippen molar-refractivity contribution in [2.24, 2.45) is 0 Å². The predicted octanol–water partition coefficient (Wildman–Crippen LogP) is 1.15. The van der Waals surface area contributed by atoms with Crippen LogP contribution < -0.4 is 0 Å². The molecule has 0 aromatic carbocycles. The molecule has 0 saturated heterocycles. The lowest BCUT2D eigenvalue weighted by atomic mass is 10.3. The molecule has 2 rings (SSSR count). The zero-order chi connectivity index (χ0) is 12.3. The van der Waals surface area contributed by atoms with E-state index in [2.05, 4.69) is 15.3 Å². The number of carbonyl (C=O) groups is 1. The van der Waals surface area contributed by atoms with E-state index < -0.39 is 0 Å². The van der Waals surface area contributed by atoms with Crippen molar-refractivity contribution in [3.05, 3.63) is 35.8 Å².